The molecule has 3 aromatic rings. The number of benzene rings is 1. The van der Waals surface area contributed by atoms with Crippen molar-refractivity contribution in [3.05, 3.63) is 65.2 Å². The highest BCUT2D eigenvalue weighted by Gasteiger charge is 2.06. The van der Waals surface area contributed by atoms with Crippen molar-refractivity contribution in [1.82, 2.24) is 4.98 Å². The van der Waals surface area contributed by atoms with Crippen LogP contribution in [0, 0.1) is 0 Å². The Kier molecular flexibility index (Phi) is 2.45. The second kappa shape index (κ2) is 4.11. The summed E-state index contributed by atoms with van der Waals surface area (Å²) >= 11 is 0. The Morgan fingerprint density at radius 1 is 1.11 bits per heavy atom. The van der Waals surface area contributed by atoms with Gasteiger partial charge in [0.2, 0.25) is 0 Å². The highest BCUT2D eigenvalue weighted by atomic mass is 16.1. The zero-order valence-electron chi connectivity index (χ0n) is 10.1. The molecule has 0 aliphatic heterocycles. The van der Waals surface area contributed by atoms with Crippen LogP contribution in [0.2, 0.25) is 0 Å². The fourth-order valence-corrected chi connectivity index (χ4v) is 2.08. The van der Waals surface area contributed by atoms with E-state index >= 15 is 0 Å². The summed E-state index contributed by atoms with van der Waals surface area (Å²) in [6, 6.07) is 13.8. The average Bonchev–Trinajstić information content (AvgIpc) is 2.40. The van der Waals surface area contributed by atoms with Gasteiger partial charge in [-0.05, 0) is 11.6 Å². The number of fused-ring (bicyclic) bond motifs is 1. The molecule has 1 aromatic carbocycles. The van der Waals surface area contributed by atoms with Gasteiger partial charge in [0.1, 0.15) is 12.4 Å². The summed E-state index contributed by atoms with van der Waals surface area (Å²) in [6.07, 6.45) is 3.78. The first-order valence-electron chi connectivity index (χ1n) is 5.82. The number of H-pyrrole nitrogens is 1. The van der Waals surface area contributed by atoms with Gasteiger partial charge in [-0.25, -0.2) is 4.57 Å². The third-order valence-corrected chi connectivity index (χ3v) is 3.01. The molecule has 0 saturated carbocycles. The molecular formula is C15H13N2O+. The van der Waals surface area contributed by atoms with Gasteiger partial charge in [0, 0.05) is 17.1 Å². The summed E-state index contributed by atoms with van der Waals surface area (Å²) in [5.41, 5.74) is 1.81. The zero-order valence-corrected chi connectivity index (χ0v) is 10.1. The maximum Gasteiger partial charge on any atom is 0.262 e. The Balaban J connectivity index is 2.29. The third kappa shape index (κ3) is 1.80. The molecule has 0 bridgehead atoms. The molecule has 3 rings (SSSR count). The molecule has 3 heteroatoms. The normalized spacial score (nSPS) is 10.7. The van der Waals surface area contributed by atoms with E-state index < -0.39 is 0 Å². The number of hydrogen-bond acceptors (Lipinski definition) is 1. The number of nitrogens with one attached hydrogen (secondary N) is 1. The zero-order chi connectivity index (χ0) is 12.5. The average molecular weight is 237 g/mol. The lowest BCUT2D eigenvalue weighted by Gasteiger charge is -2.02. The molecule has 3 nitrogen and oxygen atoms in total. The molecule has 0 atom stereocenters. The van der Waals surface area contributed by atoms with E-state index in [2.05, 4.69) is 4.98 Å². The van der Waals surface area contributed by atoms with Crippen LogP contribution >= 0.6 is 0 Å². The molecule has 0 saturated heterocycles. The number of rotatable bonds is 1. The topological polar surface area (TPSA) is 36.7 Å². The van der Waals surface area contributed by atoms with E-state index in [4.69, 9.17) is 0 Å². The molecule has 88 valence electrons. The molecule has 18 heavy (non-hydrogen) atoms. The minimum absolute atomic E-state index is 0.0532. The summed E-state index contributed by atoms with van der Waals surface area (Å²) in [6.45, 7) is 0. The number of pyridine rings is 2. The highest BCUT2D eigenvalue weighted by Crippen LogP contribution is 2.18. The van der Waals surface area contributed by atoms with Crippen molar-refractivity contribution in [3.63, 3.8) is 0 Å². The minimum atomic E-state index is -0.0532. The van der Waals surface area contributed by atoms with Gasteiger partial charge in [0.15, 0.2) is 12.4 Å². The second-order valence-corrected chi connectivity index (χ2v) is 4.36. The quantitative estimate of drug-likeness (QED) is 0.646. The SMILES string of the molecule is C[n+]1ccc2cc(-c3ccccc3)[nH]c(=O)c2c1. The number of aryl methyl sites for hydroxylation is 1. The van der Waals surface area contributed by atoms with Crippen LogP contribution in [0.25, 0.3) is 22.0 Å². The van der Waals surface area contributed by atoms with Crippen molar-refractivity contribution in [1.29, 1.82) is 0 Å². The second-order valence-electron chi connectivity index (χ2n) is 4.36. The lowest BCUT2D eigenvalue weighted by Crippen LogP contribution is -2.27. The predicted molar refractivity (Wildman–Crippen MR) is 71.2 cm³/mol. The fraction of sp³-hybridized carbons (Fsp3) is 0.0667. The molecule has 0 amide bonds. The van der Waals surface area contributed by atoms with Crippen molar-refractivity contribution < 1.29 is 4.57 Å². The van der Waals surface area contributed by atoms with Crippen LogP contribution in [0.5, 0.6) is 0 Å². The fourth-order valence-electron chi connectivity index (χ4n) is 2.08. The lowest BCUT2D eigenvalue weighted by molar-refractivity contribution is -0.670. The smallest absolute Gasteiger partial charge is 0.262 e. The van der Waals surface area contributed by atoms with Crippen LogP contribution in [-0.4, -0.2) is 4.98 Å². The number of nitrogens with zero attached hydrogens (tertiary/aromatic N) is 1. The Labute approximate surface area is 104 Å². The van der Waals surface area contributed by atoms with Gasteiger partial charge in [-0.1, -0.05) is 30.3 Å². The van der Waals surface area contributed by atoms with E-state index in [1.165, 1.54) is 0 Å². The first kappa shape index (κ1) is 10.7. The Morgan fingerprint density at radius 2 is 1.89 bits per heavy atom. The van der Waals surface area contributed by atoms with E-state index in [1.807, 2.05) is 66.5 Å². The van der Waals surface area contributed by atoms with Crippen LogP contribution < -0.4 is 10.1 Å². The summed E-state index contributed by atoms with van der Waals surface area (Å²) < 4.78 is 1.87. The van der Waals surface area contributed by atoms with Gasteiger partial charge < -0.3 is 4.98 Å². The van der Waals surface area contributed by atoms with E-state index in [1.54, 1.807) is 0 Å². The summed E-state index contributed by atoms with van der Waals surface area (Å²) in [5.74, 6) is 0. The van der Waals surface area contributed by atoms with Crippen molar-refractivity contribution in [2.24, 2.45) is 7.05 Å². The molecular weight excluding hydrogens is 224 g/mol. The molecule has 0 aliphatic rings. The van der Waals surface area contributed by atoms with Gasteiger partial charge in [0.25, 0.3) is 5.56 Å². The summed E-state index contributed by atoms with van der Waals surface area (Å²) in [5, 5.41) is 1.66. The van der Waals surface area contributed by atoms with E-state index in [-0.39, 0.29) is 5.56 Å². The monoisotopic (exact) mass is 237 g/mol. The first-order valence-corrected chi connectivity index (χ1v) is 5.82. The minimum Gasteiger partial charge on any atom is -0.321 e. The van der Waals surface area contributed by atoms with Gasteiger partial charge in [0.05, 0.1) is 0 Å². The van der Waals surface area contributed by atoms with E-state index in [0.717, 1.165) is 16.6 Å². The number of aromatic amines is 1. The Bertz CT molecular complexity index is 760. The molecule has 0 fully saturated rings. The van der Waals surface area contributed by atoms with Crippen LogP contribution in [0.3, 0.4) is 0 Å². The molecule has 0 unspecified atom stereocenters. The maximum absolute atomic E-state index is 12.1. The van der Waals surface area contributed by atoms with E-state index in [0.29, 0.717) is 5.39 Å². The summed E-state index contributed by atoms with van der Waals surface area (Å²) in [7, 11) is 1.91. The van der Waals surface area contributed by atoms with Crippen molar-refractivity contribution in [2.75, 3.05) is 0 Å². The van der Waals surface area contributed by atoms with E-state index in [9.17, 15) is 4.79 Å². The highest BCUT2D eigenvalue weighted by molar-refractivity contribution is 5.83. The molecule has 1 N–H and O–H groups in total. The van der Waals surface area contributed by atoms with Gasteiger partial charge >= 0.3 is 0 Å². The van der Waals surface area contributed by atoms with Gasteiger partial charge in [-0.3, -0.25) is 4.79 Å². The van der Waals surface area contributed by atoms with Crippen LogP contribution in [0.4, 0.5) is 0 Å². The molecule has 2 aromatic heterocycles. The van der Waals surface area contributed by atoms with Crippen LogP contribution in [0.15, 0.2) is 59.7 Å². The molecule has 2 heterocycles. The van der Waals surface area contributed by atoms with Crippen molar-refractivity contribution in [3.8, 4) is 11.3 Å². The summed E-state index contributed by atoms with van der Waals surface area (Å²) in [4.78, 5) is 15.0. The van der Waals surface area contributed by atoms with Crippen molar-refractivity contribution >= 4 is 10.8 Å². The predicted octanol–water partition coefficient (Wildman–Crippen LogP) is 2.02. The van der Waals surface area contributed by atoms with Crippen LogP contribution in [-0.2, 0) is 7.05 Å². The lowest BCUT2D eigenvalue weighted by atomic mass is 10.1. The third-order valence-electron chi connectivity index (χ3n) is 3.01. The Hall–Kier alpha value is -2.42. The number of aromatic nitrogens is 2. The van der Waals surface area contributed by atoms with Crippen molar-refractivity contribution in [2.45, 2.75) is 0 Å². The molecule has 0 aliphatic carbocycles. The van der Waals surface area contributed by atoms with Gasteiger partial charge in [-0.2, -0.15) is 0 Å². The Morgan fingerprint density at radius 3 is 2.67 bits per heavy atom. The first-order chi connectivity index (χ1) is 8.74. The van der Waals surface area contributed by atoms with Crippen LogP contribution in [0.1, 0.15) is 0 Å². The molecule has 0 spiro atoms. The molecule has 0 radical (unpaired) electrons. The maximum atomic E-state index is 12.1. The van der Waals surface area contributed by atoms with Gasteiger partial charge in [-0.15, -0.1) is 0 Å². The standard InChI is InChI=1S/C15H12N2O/c1-17-8-7-12-9-14(11-5-3-2-4-6-11)16-15(18)13(12)10-17/h2-10H,1H3/p+1. The number of hydrogen-bond donors (Lipinski definition) is 1. The largest absolute Gasteiger partial charge is 0.321 e.